The van der Waals surface area contributed by atoms with E-state index in [9.17, 15) is 10.1 Å². The molecule has 5 nitrogen and oxygen atoms in total. The third kappa shape index (κ3) is 4.03. The normalized spacial score (nSPS) is 10.9. The first-order valence-electron chi connectivity index (χ1n) is 5.30. The first-order valence-corrected chi connectivity index (χ1v) is 6.09. The van der Waals surface area contributed by atoms with Crippen molar-refractivity contribution >= 4 is 22.0 Å². The van der Waals surface area contributed by atoms with Crippen molar-refractivity contribution in [2.45, 2.75) is 20.0 Å². The molecule has 0 aromatic heterocycles. The van der Waals surface area contributed by atoms with E-state index in [-0.39, 0.29) is 6.10 Å². The van der Waals surface area contributed by atoms with Gasteiger partial charge in [-0.15, -0.1) is 0 Å². The zero-order chi connectivity index (χ0) is 13.7. The van der Waals surface area contributed by atoms with Gasteiger partial charge in [0.05, 0.1) is 18.1 Å². The Labute approximate surface area is 114 Å². The van der Waals surface area contributed by atoms with Crippen LogP contribution in [0.25, 0.3) is 6.08 Å². The Hall–Kier alpha value is -1.56. The fourth-order valence-corrected chi connectivity index (χ4v) is 1.78. The van der Waals surface area contributed by atoms with Crippen molar-refractivity contribution in [3.63, 3.8) is 0 Å². The summed E-state index contributed by atoms with van der Waals surface area (Å²) in [4.78, 5) is 9.80. The Morgan fingerprint density at radius 1 is 1.39 bits per heavy atom. The molecular weight excluding hydrogens is 302 g/mol. The molecule has 0 unspecified atom stereocenters. The lowest BCUT2D eigenvalue weighted by Crippen LogP contribution is -2.07. The molecule has 18 heavy (non-hydrogen) atoms. The molecule has 0 radical (unpaired) electrons. The molecule has 98 valence electrons. The largest absolute Gasteiger partial charge is 0.493 e. The van der Waals surface area contributed by atoms with E-state index in [0.717, 1.165) is 6.20 Å². The highest BCUT2D eigenvalue weighted by molar-refractivity contribution is 9.10. The second-order valence-electron chi connectivity index (χ2n) is 3.79. The van der Waals surface area contributed by atoms with Gasteiger partial charge in [-0.1, -0.05) is 15.9 Å². The van der Waals surface area contributed by atoms with E-state index in [1.54, 1.807) is 19.2 Å². The molecule has 0 heterocycles. The average molecular weight is 316 g/mol. The van der Waals surface area contributed by atoms with E-state index in [0.29, 0.717) is 21.5 Å². The molecule has 0 bridgehead atoms. The second kappa shape index (κ2) is 6.39. The first-order chi connectivity index (χ1) is 8.43. The maximum absolute atomic E-state index is 10.3. The van der Waals surface area contributed by atoms with Crippen LogP contribution < -0.4 is 9.47 Å². The molecule has 0 aliphatic rings. The zero-order valence-electron chi connectivity index (χ0n) is 10.3. The summed E-state index contributed by atoms with van der Waals surface area (Å²) < 4.78 is 11.5. The maximum atomic E-state index is 10.3. The van der Waals surface area contributed by atoms with Crippen LogP contribution in [0.15, 0.2) is 22.8 Å². The smallest absolute Gasteiger partial charge is 0.235 e. The summed E-state index contributed by atoms with van der Waals surface area (Å²) in [6.45, 7) is 3.79. The van der Waals surface area contributed by atoms with Crippen LogP contribution in [0.4, 0.5) is 0 Å². The molecule has 0 aliphatic carbocycles. The van der Waals surface area contributed by atoms with Crippen LogP contribution in [0.3, 0.4) is 0 Å². The number of hydrogen-bond donors (Lipinski definition) is 0. The van der Waals surface area contributed by atoms with Gasteiger partial charge in [-0.3, -0.25) is 10.1 Å². The monoisotopic (exact) mass is 315 g/mol. The van der Waals surface area contributed by atoms with Crippen LogP contribution >= 0.6 is 15.9 Å². The quantitative estimate of drug-likeness (QED) is 0.616. The lowest BCUT2D eigenvalue weighted by Gasteiger charge is -2.14. The molecule has 0 saturated carbocycles. The minimum Gasteiger partial charge on any atom is -0.493 e. The van der Waals surface area contributed by atoms with E-state index in [1.165, 1.54) is 6.08 Å². The minimum atomic E-state index is -0.514. The summed E-state index contributed by atoms with van der Waals surface area (Å²) in [5.41, 5.74) is 0.656. The van der Waals surface area contributed by atoms with E-state index < -0.39 is 4.92 Å². The maximum Gasteiger partial charge on any atom is 0.235 e. The van der Waals surface area contributed by atoms with Crippen molar-refractivity contribution in [1.29, 1.82) is 0 Å². The SMILES string of the molecule is COc1cc(Br)c(/C=C/[N+](=O)[O-])cc1OC(C)C. The number of methoxy groups -OCH3 is 1. The third-order valence-electron chi connectivity index (χ3n) is 2.02. The van der Waals surface area contributed by atoms with Gasteiger partial charge in [0, 0.05) is 10.5 Å². The first kappa shape index (κ1) is 14.5. The predicted octanol–water partition coefficient (Wildman–Crippen LogP) is 3.49. The number of halogens is 1. The number of hydrogen-bond acceptors (Lipinski definition) is 4. The number of rotatable bonds is 5. The van der Waals surface area contributed by atoms with Crippen LogP contribution in [0.2, 0.25) is 0 Å². The van der Waals surface area contributed by atoms with Crippen molar-refractivity contribution in [1.82, 2.24) is 0 Å². The van der Waals surface area contributed by atoms with Crippen LogP contribution in [-0.2, 0) is 0 Å². The van der Waals surface area contributed by atoms with Crippen molar-refractivity contribution in [2.75, 3.05) is 7.11 Å². The number of nitro groups is 1. The Morgan fingerprint density at radius 3 is 2.56 bits per heavy atom. The molecule has 1 aromatic rings. The van der Waals surface area contributed by atoms with E-state index in [2.05, 4.69) is 15.9 Å². The van der Waals surface area contributed by atoms with Gasteiger partial charge in [-0.2, -0.15) is 0 Å². The predicted molar refractivity (Wildman–Crippen MR) is 72.5 cm³/mol. The van der Waals surface area contributed by atoms with Crippen LogP contribution in [0, 0.1) is 10.1 Å². The lowest BCUT2D eigenvalue weighted by molar-refractivity contribution is -0.400. The summed E-state index contributed by atoms with van der Waals surface area (Å²) in [6.07, 6.45) is 2.27. The molecule has 6 heteroatoms. The van der Waals surface area contributed by atoms with Gasteiger partial charge >= 0.3 is 0 Å². The number of benzene rings is 1. The third-order valence-corrected chi connectivity index (χ3v) is 2.71. The molecule has 0 fully saturated rings. The highest BCUT2D eigenvalue weighted by atomic mass is 79.9. The van der Waals surface area contributed by atoms with Gasteiger partial charge in [-0.25, -0.2) is 0 Å². The number of nitrogens with zero attached hydrogens (tertiary/aromatic N) is 1. The summed E-state index contributed by atoms with van der Waals surface area (Å²) >= 11 is 3.33. The Kier molecular flexibility index (Phi) is 5.15. The van der Waals surface area contributed by atoms with E-state index in [4.69, 9.17) is 9.47 Å². The van der Waals surface area contributed by atoms with Crippen LogP contribution in [0.1, 0.15) is 19.4 Å². The van der Waals surface area contributed by atoms with Crippen LogP contribution in [0.5, 0.6) is 11.5 Å². The van der Waals surface area contributed by atoms with Crippen molar-refractivity contribution in [2.24, 2.45) is 0 Å². The fourth-order valence-electron chi connectivity index (χ4n) is 1.33. The summed E-state index contributed by atoms with van der Waals surface area (Å²) in [5.74, 6) is 1.13. The molecular formula is C12H14BrNO4. The lowest BCUT2D eigenvalue weighted by atomic mass is 10.2. The molecule has 0 N–H and O–H groups in total. The standard InChI is InChI=1S/C12H14BrNO4/c1-8(2)18-12-6-9(4-5-14(15)16)10(13)7-11(12)17-3/h4-8H,1-3H3/b5-4+. The van der Waals surface area contributed by atoms with Gasteiger partial charge in [0.2, 0.25) is 6.20 Å². The minimum absolute atomic E-state index is 0.00702. The highest BCUT2D eigenvalue weighted by Crippen LogP contribution is 2.34. The Balaban J connectivity index is 3.16. The summed E-state index contributed by atoms with van der Waals surface area (Å²) in [6, 6.07) is 3.42. The molecule has 0 saturated heterocycles. The summed E-state index contributed by atoms with van der Waals surface area (Å²) in [5, 5.41) is 10.3. The fraction of sp³-hybridized carbons (Fsp3) is 0.333. The number of ether oxygens (including phenoxy) is 2. The molecule has 1 rings (SSSR count). The highest BCUT2D eigenvalue weighted by Gasteiger charge is 2.10. The summed E-state index contributed by atoms with van der Waals surface area (Å²) in [7, 11) is 1.54. The van der Waals surface area contributed by atoms with Gasteiger partial charge in [0.1, 0.15) is 0 Å². The Morgan fingerprint density at radius 2 is 2.06 bits per heavy atom. The zero-order valence-corrected chi connectivity index (χ0v) is 11.9. The van der Waals surface area contributed by atoms with Crippen LogP contribution in [-0.4, -0.2) is 18.1 Å². The molecule has 0 atom stereocenters. The van der Waals surface area contributed by atoms with Gasteiger partial charge in [0.25, 0.3) is 0 Å². The topological polar surface area (TPSA) is 61.6 Å². The average Bonchev–Trinajstić information content (AvgIpc) is 2.28. The molecule has 0 aliphatic heterocycles. The van der Waals surface area contributed by atoms with Gasteiger partial charge < -0.3 is 9.47 Å². The van der Waals surface area contributed by atoms with Crippen molar-refractivity contribution in [3.05, 3.63) is 38.5 Å². The Bertz CT molecular complexity index is 471. The second-order valence-corrected chi connectivity index (χ2v) is 4.65. The van der Waals surface area contributed by atoms with Crippen molar-refractivity contribution < 1.29 is 14.4 Å². The van der Waals surface area contributed by atoms with Gasteiger partial charge in [-0.05, 0) is 31.5 Å². The van der Waals surface area contributed by atoms with E-state index >= 15 is 0 Å². The molecule has 0 spiro atoms. The molecule has 1 aromatic carbocycles. The van der Waals surface area contributed by atoms with Crippen molar-refractivity contribution in [3.8, 4) is 11.5 Å². The molecule has 0 amide bonds. The van der Waals surface area contributed by atoms with E-state index in [1.807, 2.05) is 13.8 Å². The van der Waals surface area contributed by atoms with Gasteiger partial charge in [0.15, 0.2) is 11.5 Å².